The first-order valence-corrected chi connectivity index (χ1v) is 7.84. The number of guanidine groups is 1. The average molecular weight is 450 g/mol. The molecular formula is C19H23IN4O. The second kappa shape index (κ2) is 11.3. The van der Waals surface area contributed by atoms with Crippen LogP contribution in [0.3, 0.4) is 0 Å². The Labute approximate surface area is 166 Å². The van der Waals surface area contributed by atoms with Crippen LogP contribution in [-0.2, 0) is 6.54 Å². The smallest absolute Gasteiger partial charge is 0.191 e. The molecule has 2 rings (SSSR count). The molecule has 6 heteroatoms. The van der Waals surface area contributed by atoms with Gasteiger partial charge in [-0.1, -0.05) is 29.8 Å². The van der Waals surface area contributed by atoms with Gasteiger partial charge in [0.25, 0.3) is 0 Å². The van der Waals surface area contributed by atoms with Gasteiger partial charge in [-0.25, -0.2) is 0 Å². The fraction of sp³-hybridized carbons (Fsp3) is 0.263. The molecule has 0 aliphatic rings. The number of aryl methyl sites for hydroxylation is 1. The fourth-order valence-electron chi connectivity index (χ4n) is 2.13. The lowest BCUT2D eigenvalue weighted by atomic mass is 10.1. The summed E-state index contributed by atoms with van der Waals surface area (Å²) in [6, 6.07) is 17.6. The van der Waals surface area contributed by atoms with Crippen molar-refractivity contribution in [1.82, 2.24) is 10.6 Å². The molecule has 132 valence electrons. The van der Waals surface area contributed by atoms with Crippen LogP contribution < -0.4 is 15.4 Å². The summed E-state index contributed by atoms with van der Waals surface area (Å²) in [6.45, 7) is 3.85. The van der Waals surface area contributed by atoms with Gasteiger partial charge in [-0.2, -0.15) is 5.26 Å². The molecule has 0 radical (unpaired) electrons. The summed E-state index contributed by atoms with van der Waals surface area (Å²) in [5.41, 5.74) is 2.90. The van der Waals surface area contributed by atoms with Crippen LogP contribution in [0.4, 0.5) is 0 Å². The number of nitrogens with one attached hydrogen (secondary N) is 2. The minimum absolute atomic E-state index is 0. The van der Waals surface area contributed by atoms with E-state index in [-0.39, 0.29) is 24.0 Å². The molecule has 0 saturated carbocycles. The van der Waals surface area contributed by atoms with Crippen molar-refractivity contribution in [3.8, 4) is 11.8 Å². The van der Waals surface area contributed by atoms with Crippen molar-refractivity contribution in [2.45, 2.75) is 13.5 Å². The second-order valence-corrected chi connectivity index (χ2v) is 5.33. The van der Waals surface area contributed by atoms with E-state index in [0.29, 0.717) is 31.2 Å². The third-order valence-corrected chi connectivity index (χ3v) is 3.42. The number of nitriles is 1. The first-order chi connectivity index (χ1) is 11.7. The molecule has 5 nitrogen and oxygen atoms in total. The molecule has 0 aliphatic carbocycles. The number of ether oxygens (including phenoxy) is 1. The monoisotopic (exact) mass is 450 g/mol. The Hall–Kier alpha value is -2.27. The van der Waals surface area contributed by atoms with E-state index in [2.05, 4.69) is 21.7 Å². The van der Waals surface area contributed by atoms with E-state index in [1.807, 2.05) is 49.4 Å². The van der Waals surface area contributed by atoms with E-state index in [9.17, 15) is 0 Å². The molecule has 0 amide bonds. The van der Waals surface area contributed by atoms with E-state index < -0.39 is 0 Å². The Kier molecular flexibility index (Phi) is 9.40. The third kappa shape index (κ3) is 7.44. The number of rotatable bonds is 6. The lowest BCUT2D eigenvalue weighted by molar-refractivity contribution is 0.322. The highest BCUT2D eigenvalue weighted by Crippen LogP contribution is 2.10. The van der Waals surface area contributed by atoms with Crippen molar-refractivity contribution in [2.75, 3.05) is 20.2 Å². The van der Waals surface area contributed by atoms with Crippen LogP contribution in [0.2, 0.25) is 0 Å². The summed E-state index contributed by atoms with van der Waals surface area (Å²) in [5.74, 6) is 1.56. The molecular weight excluding hydrogens is 427 g/mol. The van der Waals surface area contributed by atoms with Crippen molar-refractivity contribution >= 4 is 29.9 Å². The SMILES string of the molecule is CN=C(NCCOc1ccc(C)cc1)NCc1cccc(C#N)c1.I. The van der Waals surface area contributed by atoms with Gasteiger partial charge in [0, 0.05) is 13.6 Å². The summed E-state index contributed by atoms with van der Waals surface area (Å²) in [5, 5.41) is 15.3. The van der Waals surface area contributed by atoms with E-state index in [1.165, 1.54) is 5.56 Å². The number of hydrogen-bond donors (Lipinski definition) is 2. The minimum atomic E-state index is 0. The second-order valence-electron chi connectivity index (χ2n) is 5.33. The maximum atomic E-state index is 8.92. The first-order valence-electron chi connectivity index (χ1n) is 7.84. The number of halogens is 1. The first kappa shape index (κ1) is 20.8. The van der Waals surface area contributed by atoms with Crippen LogP contribution >= 0.6 is 24.0 Å². The van der Waals surface area contributed by atoms with Crippen molar-refractivity contribution in [1.29, 1.82) is 5.26 Å². The van der Waals surface area contributed by atoms with Gasteiger partial charge in [-0.15, -0.1) is 24.0 Å². The molecule has 2 N–H and O–H groups in total. The largest absolute Gasteiger partial charge is 0.492 e. The van der Waals surface area contributed by atoms with Crippen LogP contribution in [0.1, 0.15) is 16.7 Å². The lowest BCUT2D eigenvalue weighted by Crippen LogP contribution is -2.38. The molecule has 0 saturated heterocycles. The highest BCUT2D eigenvalue weighted by molar-refractivity contribution is 14.0. The zero-order chi connectivity index (χ0) is 17.2. The molecule has 0 aliphatic heterocycles. The van der Waals surface area contributed by atoms with Crippen molar-refractivity contribution in [3.63, 3.8) is 0 Å². The summed E-state index contributed by atoms with van der Waals surface area (Å²) in [6.07, 6.45) is 0. The van der Waals surface area contributed by atoms with Crippen LogP contribution in [0.5, 0.6) is 5.75 Å². The Bertz CT molecular complexity index is 723. The average Bonchev–Trinajstić information content (AvgIpc) is 2.63. The maximum absolute atomic E-state index is 8.92. The van der Waals surface area contributed by atoms with Crippen molar-refractivity contribution < 1.29 is 4.74 Å². The van der Waals surface area contributed by atoms with Crippen LogP contribution in [0.25, 0.3) is 0 Å². The molecule has 2 aromatic rings. The molecule has 2 aromatic carbocycles. The lowest BCUT2D eigenvalue weighted by Gasteiger charge is -2.12. The summed E-state index contributed by atoms with van der Waals surface area (Å²) >= 11 is 0. The number of nitrogens with zero attached hydrogens (tertiary/aromatic N) is 2. The van der Waals surface area contributed by atoms with Gasteiger partial charge in [0.15, 0.2) is 5.96 Å². The zero-order valence-corrected chi connectivity index (χ0v) is 16.8. The summed E-state index contributed by atoms with van der Waals surface area (Å²) in [4.78, 5) is 4.18. The minimum Gasteiger partial charge on any atom is -0.492 e. The topological polar surface area (TPSA) is 69.4 Å². The Morgan fingerprint density at radius 1 is 1.16 bits per heavy atom. The Morgan fingerprint density at radius 3 is 2.60 bits per heavy atom. The molecule has 0 spiro atoms. The van der Waals surface area contributed by atoms with Gasteiger partial charge in [-0.3, -0.25) is 4.99 Å². The van der Waals surface area contributed by atoms with E-state index in [0.717, 1.165) is 11.3 Å². The Morgan fingerprint density at radius 2 is 1.92 bits per heavy atom. The number of benzene rings is 2. The normalized spacial score (nSPS) is 10.4. The number of aliphatic imine (C=N–C) groups is 1. The Balaban J connectivity index is 0.00000312. The van der Waals surface area contributed by atoms with Crippen molar-refractivity contribution in [2.24, 2.45) is 4.99 Å². The van der Waals surface area contributed by atoms with Crippen LogP contribution in [-0.4, -0.2) is 26.2 Å². The van der Waals surface area contributed by atoms with E-state index in [1.54, 1.807) is 13.1 Å². The van der Waals surface area contributed by atoms with Crippen molar-refractivity contribution in [3.05, 3.63) is 65.2 Å². The van der Waals surface area contributed by atoms with Gasteiger partial charge in [0.1, 0.15) is 12.4 Å². The third-order valence-electron chi connectivity index (χ3n) is 3.42. The molecule has 25 heavy (non-hydrogen) atoms. The van der Waals surface area contributed by atoms with Gasteiger partial charge < -0.3 is 15.4 Å². The van der Waals surface area contributed by atoms with Crippen LogP contribution in [0.15, 0.2) is 53.5 Å². The van der Waals surface area contributed by atoms with Gasteiger partial charge in [0.2, 0.25) is 0 Å². The van der Waals surface area contributed by atoms with E-state index in [4.69, 9.17) is 10.00 Å². The standard InChI is InChI=1S/C19H22N4O.HI/c1-15-6-8-18(9-7-15)24-11-10-22-19(21-2)23-14-17-5-3-4-16(12-17)13-20;/h3-9,12H,10-11,14H2,1-2H3,(H2,21,22,23);1H. The molecule has 0 bridgehead atoms. The van der Waals surface area contributed by atoms with Gasteiger partial charge in [-0.05, 0) is 36.8 Å². The van der Waals surface area contributed by atoms with E-state index >= 15 is 0 Å². The number of hydrogen-bond acceptors (Lipinski definition) is 3. The maximum Gasteiger partial charge on any atom is 0.191 e. The summed E-state index contributed by atoms with van der Waals surface area (Å²) in [7, 11) is 1.72. The van der Waals surface area contributed by atoms with Gasteiger partial charge in [0.05, 0.1) is 18.2 Å². The van der Waals surface area contributed by atoms with Gasteiger partial charge >= 0.3 is 0 Å². The quantitative estimate of drug-likeness (QED) is 0.307. The molecule has 0 atom stereocenters. The molecule has 0 fully saturated rings. The predicted molar refractivity (Wildman–Crippen MR) is 111 cm³/mol. The molecule has 0 heterocycles. The highest BCUT2D eigenvalue weighted by atomic mass is 127. The molecule has 0 aromatic heterocycles. The fourth-order valence-corrected chi connectivity index (χ4v) is 2.13. The predicted octanol–water partition coefficient (Wildman–Crippen LogP) is 3.23. The molecule has 0 unspecified atom stereocenters. The summed E-state index contributed by atoms with van der Waals surface area (Å²) < 4.78 is 5.67. The highest BCUT2D eigenvalue weighted by Gasteiger charge is 2.00. The van der Waals surface area contributed by atoms with Crippen LogP contribution in [0, 0.1) is 18.3 Å². The zero-order valence-electron chi connectivity index (χ0n) is 14.5.